The molecular formula is C23H35Cl2N3O4. The van der Waals surface area contributed by atoms with E-state index in [2.05, 4.69) is 15.5 Å². The van der Waals surface area contributed by atoms with Gasteiger partial charge in [0.1, 0.15) is 11.9 Å². The van der Waals surface area contributed by atoms with E-state index in [0.717, 1.165) is 76.1 Å². The zero-order valence-electron chi connectivity index (χ0n) is 18.6. The summed E-state index contributed by atoms with van der Waals surface area (Å²) in [5.41, 5.74) is 0.812. The predicted molar refractivity (Wildman–Crippen MR) is 128 cm³/mol. The SMILES string of the molecule is COc1ccc(CNC(=O)C2CCN(CC3CC4(CCNCC4)C(=O)O3)CC2)cc1.Cl.Cl. The van der Waals surface area contributed by atoms with Crippen molar-refractivity contribution < 1.29 is 19.1 Å². The van der Waals surface area contributed by atoms with Gasteiger partial charge in [0.15, 0.2) is 0 Å². The summed E-state index contributed by atoms with van der Waals surface area (Å²) in [7, 11) is 1.64. The fourth-order valence-electron chi connectivity index (χ4n) is 5.00. The number of nitrogens with zero attached hydrogens (tertiary/aromatic N) is 1. The largest absolute Gasteiger partial charge is 0.497 e. The zero-order valence-corrected chi connectivity index (χ0v) is 20.3. The number of carbonyl (C=O) groups excluding carboxylic acids is 2. The topological polar surface area (TPSA) is 79.9 Å². The molecular weight excluding hydrogens is 453 g/mol. The van der Waals surface area contributed by atoms with Crippen LogP contribution in [0.1, 0.15) is 37.7 Å². The lowest BCUT2D eigenvalue weighted by atomic mass is 9.76. The minimum absolute atomic E-state index is 0. The Hall–Kier alpha value is -1.54. The van der Waals surface area contributed by atoms with Crippen LogP contribution in [0.5, 0.6) is 5.75 Å². The summed E-state index contributed by atoms with van der Waals surface area (Å²) in [5, 5.41) is 6.40. The van der Waals surface area contributed by atoms with Crippen molar-refractivity contribution in [2.45, 2.75) is 44.8 Å². The Morgan fingerprint density at radius 2 is 1.84 bits per heavy atom. The van der Waals surface area contributed by atoms with Crippen molar-refractivity contribution in [3.05, 3.63) is 29.8 Å². The second kappa shape index (κ2) is 12.1. The maximum Gasteiger partial charge on any atom is 0.312 e. The number of hydrogen-bond acceptors (Lipinski definition) is 6. The van der Waals surface area contributed by atoms with Crippen molar-refractivity contribution in [3.8, 4) is 5.75 Å². The van der Waals surface area contributed by atoms with Gasteiger partial charge in [-0.2, -0.15) is 0 Å². The average molecular weight is 488 g/mol. The van der Waals surface area contributed by atoms with Crippen LogP contribution in [0, 0.1) is 11.3 Å². The molecule has 7 nitrogen and oxygen atoms in total. The van der Waals surface area contributed by atoms with E-state index in [1.54, 1.807) is 7.11 Å². The van der Waals surface area contributed by atoms with Crippen LogP contribution in [-0.4, -0.2) is 62.7 Å². The minimum Gasteiger partial charge on any atom is -0.497 e. The normalized spacial score (nSPS) is 23.0. The van der Waals surface area contributed by atoms with Gasteiger partial charge in [-0.25, -0.2) is 0 Å². The maximum atomic E-state index is 12.6. The van der Waals surface area contributed by atoms with Gasteiger partial charge in [0.25, 0.3) is 0 Å². The molecule has 1 aromatic carbocycles. The number of piperidine rings is 2. The van der Waals surface area contributed by atoms with E-state index in [1.807, 2.05) is 24.3 Å². The van der Waals surface area contributed by atoms with Gasteiger partial charge in [0, 0.05) is 25.4 Å². The molecule has 2 N–H and O–H groups in total. The fourth-order valence-corrected chi connectivity index (χ4v) is 5.00. The number of methoxy groups -OCH3 is 1. The summed E-state index contributed by atoms with van der Waals surface area (Å²) >= 11 is 0. The van der Waals surface area contributed by atoms with Crippen molar-refractivity contribution in [2.24, 2.45) is 11.3 Å². The van der Waals surface area contributed by atoms with E-state index in [9.17, 15) is 9.59 Å². The number of hydrogen-bond donors (Lipinski definition) is 2. The molecule has 0 aromatic heterocycles. The highest BCUT2D eigenvalue weighted by Gasteiger charge is 2.49. The van der Waals surface area contributed by atoms with Crippen LogP contribution in [0.3, 0.4) is 0 Å². The number of carbonyl (C=O) groups is 2. The quantitative estimate of drug-likeness (QED) is 0.600. The molecule has 0 saturated carbocycles. The number of amides is 1. The lowest BCUT2D eigenvalue weighted by Gasteiger charge is -2.33. The molecule has 3 saturated heterocycles. The molecule has 0 bridgehead atoms. The Morgan fingerprint density at radius 1 is 1.19 bits per heavy atom. The van der Waals surface area contributed by atoms with Gasteiger partial charge in [0.05, 0.1) is 12.5 Å². The number of halogens is 2. The van der Waals surface area contributed by atoms with Crippen molar-refractivity contribution in [1.29, 1.82) is 0 Å². The number of nitrogens with one attached hydrogen (secondary N) is 2. The Bertz CT molecular complexity index is 748. The highest BCUT2D eigenvalue weighted by atomic mass is 35.5. The van der Waals surface area contributed by atoms with Crippen molar-refractivity contribution in [3.63, 3.8) is 0 Å². The molecule has 1 spiro atoms. The Balaban J connectivity index is 0.00000181. The molecule has 1 atom stereocenters. The van der Waals surface area contributed by atoms with E-state index in [0.29, 0.717) is 6.54 Å². The van der Waals surface area contributed by atoms with Crippen LogP contribution < -0.4 is 15.4 Å². The monoisotopic (exact) mass is 487 g/mol. The second-order valence-electron chi connectivity index (χ2n) is 8.90. The highest BCUT2D eigenvalue weighted by Crippen LogP contribution is 2.41. The van der Waals surface area contributed by atoms with Gasteiger partial charge in [-0.15, -0.1) is 24.8 Å². The first-order valence-electron chi connectivity index (χ1n) is 11.1. The number of esters is 1. The molecule has 0 aliphatic carbocycles. The van der Waals surface area contributed by atoms with Crippen LogP contribution in [0.15, 0.2) is 24.3 Å². The molecule has 0 radical (unpaired) electrons. The van der Waals surface area contributed by atoms with Gasteiger partial charge >= 0.3 is 5.97 Å². The number of rotatable bonds is 6. The third kappa shape index (κ3) is 6.28. The molecule has 9 heteroatoms. The maximum absolute atomic E-state index is 12.6. The first kappa shape index (κ1) is 26.7. The van der Waals surface area contributed by atoms with Gasteiger partial charge in [-0.05, 0) is 69.6 Å². The van der Waals surface area contributed by atoms with Crippen LogP contribution in [-0.2, 0) is 20.9 Å². The molecule has 1 unspecified atom stereocenters. The first-order valence-corrected chi connectivity index (χ1v) is 11.1. The van der Waals surface area contributed by atoms with Gasteiger partial charge in [-0.3, -0.25) is 14.5 Å². The predicted octanol–water partition coefficient (Wildman–Crippen LogP) is 2.55. The van der Waals surface area contributed by atoms with Crippen LogP contribution in [0.25, 0.3) is 0 Å². The van der Waals surface area contributed by atoms with E-state index < -0.39 is 0 Å². The van der Waals surface area contributed by atoms with Crippen LogP contribution >= 0.6 is 24.8 Å². The number of benzene rings is 1. The molecule has 4 rings (SSSR count). The van der Waals surface area contributed by atoms with Gasteiger partial charge < -0.3 is 20.1 Å². The van der Waals surface area contributed by atoms with Gasteiger partial charge in [-0.1, -0.05) is 12.1 Å². The minimum atomic E-state index is -0.254. The Morgan fingerprint density at radius 3 is 2.47 bits per heavy atom. The molecule has 3 aliphatic rings. The summed E-state index contributed by atoms with van der Waals surface area (Å²) in [6.45, 7) is 4.89. The van der Waals surface area contributed by atoms with E-state index in [4.69, 9.17) is 9.47 Å². The van der Waals surface area contributed by atoms with Crippen LogP contribution in [0.4, 0.5) is 0 Å². The highest BCUT2D eigenvalue weighted by molar-refractivity contribution is 5.85. The van der Waals surface area contributed by atoms with E-state index >= 15 is 0 Å². The summed E-state index contributed by atoms with van der Waals surface area (Å²) in [6.07, 6.45) is 4.32. The van der Waals surface area contributed by atoms with Crippen molar-refractivity contribution in [2.75, 3.05) is 39.8 Å². The van der Waals surface area contributed by atoms with E-state index in [-0.39, 0.29) is 54.1 Å². The first-order chi connectivity index (χ1) is 14.6. The summed E-state index contributed by atoms with van der Waals surface area (Å²) in [5.74, 6) is 1.01. The molecule has 3 heterocycles. The van der Waals surface area contributed by atoms with Crippen molar-refractivity contribution >= 4 is 36.7 Å². The van der Waals surface area contributed by atoms with E-state index in [1.165, 1.54) is 0 Å². The second-order valence-corrected chi connectivity index (χ2v) is 8.90. The molecule has 1 amide bonds. The Labute approximate surface area is 202 Å². The lowest BCUT2D eigenvalue weighted by Crippen LogP contribution is -2.43. The third-order valence-corrected chi connectivity index (χ3v) is 6.93. The lowest BCUT2D eigenvalue weighted by molar-refractivity contribution is -0.150. The molecule has 3 aliphatic heterocycles. The Kier molecular flexibility index (Phi) is 10.1. The van der Waals surface area contributed by atoms with Crippen LogP contribution in [0.2, 0.25) is 0 Å². The van der Waals surface area contributed by atoms with Crippen molar-refractivity contribution in [1.82, 2.24) is 15.5 Å². The fraction of sp³-hybridized carbons (Fsp3) is 0.652. The molecule has 3 fully saturated rings. The molecule has 32 heavy (non-hydrogen) atoms. The third-order valence-electron chi connectivity index (χ3n) is 6.93. The summed E-state index contributed by atoms with van der Waals surface area (Å²) < 4.78 is 10.9. The molecule has 180 valence electrons. The standard InChI is InChI=1S/C23H33N3O4.2ClH/c1-29-19-4-2-17(3-5-19)15-25-21(27)18-6-12-26(13-7-18)16-20-14-23(22(28)30-20)8-10-24-11-9-23;;/h2-5,18,20,24H,6-16H2,1H3,(H,25,27);2*1H. The smallest absolute Gasteiger partial charge is 0.312 e. The zero-order chi connectivity index (χ0) is 21.0. The summed E-state index contributed by atoms with van der Waals surface area (Å²) in [6, 6.07) is 7.76. The summed E-state index contributed by atoms with van der Waals surface area (Å²) in [4.78, 5) is 27.4. The average Bonchev–Trinajstić information content (AvgIpc) is 3.07. The number of likely N-dealkylation sites (tertiary alicyclic amines) is 1. The number of ether oxygens (including phenoxy) is 2. The number of cyclic esters (lactones) is 1. The van der Waals surface area contributed by atoms with Gasteiger partial charge in [0.2, 0.25) is 5.91 Å². The molecule has 1 aromatic rings.